The zero-order valence-electron chi connectivity index (χ0n) is 13.3. The lowest BCUT2D eigenvalue weighted by atomic mass is 9.88. The normalized spacial score (nSPS) is 18.9. The SMILES string of the molecule is COCCNCC(CCOC(C)(C)C)C1CCCC1. The second kappa shape index (κ2) is 8.93. The molecule has 0 radical (unpaired) electrons. The van der Waals surface area contributed by atoms with E-state index in [-0.39, 0.29) is 5.60 Å². The highest BCUT2D eigenvalue weighted by atomic mass is 16.5. The molecular weight excluding hydrogens is 238 g/mol. The van der Waals surface area contributed by atoms with Gasteiger partial charge in [0, 0.05) is 20.3 Å². The molecule has 1 atom stereocenters. The molecule has 0 aromatic carbocycles. The molecule has 0 aliphatic heterocycles. The lowest BCUT2D eigenvalue weighted by Crippen LogP contribution is -2.31. The zero-order valence-corrected chi connectivity index (χ0v) is 13.3. The van der Waals surface area contributed by atoms with Gasteiger partial charge in [0.05, 0.1) is 12.2 Å². The molecule has 114 valence electrons. The molecular formula is C16H33NO2. The molecule has 1 unspecified atom stereocenters. The lowest BCUT2D eigenvalue weighted by molar-refractivity contribution is -0.0122. The van der Waals surface area contributed by atoms with Crippen molar-refractivity contribution in [2.24, 2.45) is 11.8 Å². The predicted molar refractivity (Wildman–Crippen MR) is 80.5 cm³/mol. The third-order valence-electron chi connectivity index (χ3n) is 3.98. The Labute approximate surface area is 119 Å². The van der Waals surface area contributed by atoms with Crippen LogP contribution < -0.4 is 5.32 Å². The smallest absolute Gasteiger partial charge is 0.0598 e. The summed E-state index contributed by atoms with van der Waals surface area (Å²) in [6.07, 6.45) is 6.83. The lowest BCUT2D eigenvalue weighted by Gasteiger charge is -2.26. The molecule has 1 saturated carbocycles. The van der Waals surface area contributed by atoms with Crippen LogP contribution in [0.2, 0.25) is 0 Å². The number of rotatable bonds is 9. The maximum atomic E-state index is 5.89. The second-order valence-corrected chi connectivity index (χ2v) is 6.75. The molecule has 0 heterocycles. The third-order valence-corrected chi connectivity index (χ3v) is 3.98. The third kappa shape index (κ3) is 7.91. The Morgan fingerprint density at radius 2 is 1.84 bits per heavy atom. The van der Waals surface area contributed by atoms with E-state index >= 15 is 0 Å². The van der Waals surface area contributed by atoms with Crippen molar-refractivity contribution in [3.63, 3.8) is 0 Å². The van der Waals surface area contributed by atoms with Crippen LogP contribution in [-0.2, 0) is 9.47 Å². The van der Waals surface area contributed by atoms with Gasteiger partial charge in [0.25, 0.3) is 0 Å². The first-order valence-corrected chi connectivity index (χ1v) is 7.86. The quantitative estimate of drug-likeness (QED) is 0.653. The van der Waals surface area contributed by atoms with Crippen LogP contribution in [0.3, 0.4) is 0 Å². The fourth-order valence-corrected chi connectivity index (χ4v) is 2.91. The van der Waals surface area contributed by atoms with Gasteiger partial charge in [-0.05, 0) is 45.6 Å². The van der Waals surface area contributed by atoms with Crippen molar-refractivity contribution < 1.29 is 9.47 Å². The summed E-state index contributed by atoms with van der Waals surface area (Å²) in [5.41, 5.74) is -0.0102. The summed E-state index contributed by atoms with van der Waals surface area (Å²) < 4.78 is 11.0. The van der Waals surface area contributed by atoms with E-state index in [1.165, 1.54) is 32.1 Å². The van der Waals surface area contributed by atoms with Gasteiger partial charge in [-0.2, -0.15) is 0 Å². The van der Waals surface area contributed by atoms with Gasteiger partial charge >= 0.3 is 0 Å². The van der Waals surface area contributed by atoms with Gasteiger partial charge in [-0.25, -0.2) is 0 Å². The Bertz CT molecular complexity index is 219. The van der Waals surface area contributed by atoms with E-state index < -0.39 is 0 Å². The molecule has 3 heteroatoms. The molecule has 0 aromatic rings. The first-order valence-electron chi connectivity index (χ1n) is 7.86. The molecule has 1 N–H and O–H groups in total. The van der Waals surface area contributed by atoms with Crippen LogP contribution in [0, 0.1) is 11.8 Å². The molecule has 0 saturated heterocycles. The number of ether oxygens (including phenoxy) is 2. The van der Waals surface area contributed by atoms with Crippen LogP contribution in [0.1, 0.15) is 52.9 Å². The highest BCUT2D eigenvalue weighted by Crippen LogP contribution is 2.33. The second-order valence-electron chi connectivity index (χ2n) is 6.75. The summed E-state index contributed by atoms with van der Waals surface area (Å²) >= 11 is 0. The van der Waals surface area contributed by atoms with Gasteiger partial charge in [0.2, 0.25) is 0 Å². The molecule has 0 aromatic heterocycles. The van der Waals surface area contributed by atoms with E-state index in [0.29, 0.717) is 0 Å². The number of hydrogen-bond acceptors (Lipinski definition) is 3. The summed E-state index contributed by atoms with van der Waals surface area (Å²) in [5.74, 6) is 1.67. The number of hydrogen-bond donors (Lipinski definition) is 1. The van der Waals surface area contributed by atoms with Gasteiger partial charge in [0.1, 0.15) is 0 Å². The summed E-state index contributed by atoms with van der Waals surface area (Å²) in [6, 6.07) is 0. The minimum atomic E-state index is -0.0102. The van der Waals surface area contributed by atoms with Gasteiger partial charge in [-0.1, -0.05) is 25.7 Å². The Morgan fingerprint density at radius 1 is 1.16 bits per heavy atom. The van der Waals surface area contributed by atoms with Crippen molar-refractivity contribution in [1.82, 2.24) is 5.32 Å². The minimum Gasteiger partial charge on any atom is -0.383 e. The molecule has 0 amide bonds. The maximum Gasteiger partial charge on any atom is 0.0598 e. The van der Waals surface area contributed by atoms with Crippen LogP contribution in [0.4, 0.5) is 0 Å². The van der Waals surface area contributed by atoms with Crippen LogP contribution in [0.15, 0.2) is 0 Å². The minimum absolute atomic E-state index is 0.0102. The first kappa shape index (κ1) is 16.9. The standard InChI is InChI=1S/C16H33NO2/c1-16(2,3)19-11-9-15(13-17-10-12-18-4)14-7-5-6-8-14/h14-15,17H,5-13H2,1-4H3. The van der Waals surface area contributed by atoms with Crippen LogP contribution in [0.25, 0.3) is 0 Å². The van der Waals surface area contributed by atoms with Crippen LogP contribution >= 0.6 is 0 Å². The van der Waals surface area contributed by atoms with Crippen molar-refractivity contribution in [3.05, 3.63) is 0 Å². The van der Waals surface area contributed by atoms with Gasteiger partial charge in [-0.3, -0.25) is 0 Å². The van der Waals surface area contributed by atoms with Gasteiger partial charge in [0.15, 0.2) is 0 Å². The van der Waals surface area contributed by atoms with E-state index in [2.05, 4.69) is 26.1 Å². The van der Waals surface area contributed by atoms with Gasteiger partial charge < -0.3 is 14.8 Å². The zero-order chi connectivity index (χ0) is 14.1. The van der Waals surface area contributed by atoms with Crippen molar-refractivity contribution in [2.75, 3.05) is 33.4 Å². The summed E-state index contributed by atoms with van der Waals surface area (Å²) in [4.78, 5) is 0. The van der Waals surface area contributed by atoms with E-state index in [0.717, 1.165) is 38.1 Å². The van der Waals surface area contributed by atoms with E-state index in [1.807, 2.05) is 0 Å². The van der Waals surface area contributed by atoms with E-state index in [1.54, 1.807) is 7.11 Å². The first-order chi connectivity index (χ1) is 9.03. The average molecular weight is 271 g/mol. The molecule has 3 nitrogen and oxygen atoms in total. The van der Waals surface area contributed by atoms with E-state index in [9.17, 15) is 0 Å². The molecule has 0 bridgehead atoms. The predicted octanol–water partition coefficient (Wildman–Crippen LogP) is 3.23. The molecule has 19 heavy (non-hydrogen) atoms. The maximum absolute atomic E-state index is 5.89. The molecule has 1 rings (SSSR count). The van der Waals surface area contributed by atoms with Crippen LogP contribution in [0.5, 0.6) is 0 Å². The molecule has 1 fully saturated rings. The van der Waals surface area contributed by atoms with Crippen molar-refractivity contribution in [1.29, 1.82) is 0 Å². The molecule has 0 spiro atoms. The summed E-state index contributed by atoms with van der Waals surface area (Å²) in [5, 5.41) is 3.53. The summed E-state index contributed by atoms with van der Waals surface area (Å²) in [6.45, 7) is 10.2. The number of methoxy groups -OCH3 is 1. The van der Waals surface area contributed by atoms with Crippen molar-refractivity contribution in [3.8, 4) is 0 Å². The Morgan fingerprint density at radius 3 is 2.42 bits per heavy atom. The number of nitrogens with one attached hydrogen (secondary N) is 1. The van der Waals surface area contributed by atoms with Crippen molar-refractivity contribution >= 4 is 0 Å². The largest absolute Gasteiger partial charge is 0.383 e. The Balaban J connectivity index is 2.27. The van der Waals surface area contributed by atoms with E-state index in [4.69, 9.17) is 9.47 Å². The highest BCUT2D eigenvalue weighted by Gasteiger charge is 2.25. The fraction of sp³-hybridized carbons (Fsp3) is 1.00. The summed E-state index contributed by atoms with van der Waals surface area (Å²) in [7, 11) is 1.76. The molecule has 1 aliphatic carbocycles. The Hall–Kier alpha value is -0.120. The highest BCUT2D eigenvalue weighted by molar-refractivity contribution is 4.77. The van der Waals surface area contributed by atoms with Crippen LogP contribution in [-0.4, -0.2) is 39.0 Å². The Kier molecular flexibility index (Phi) is 7.96. The topological polar surface area (TPSA) is 30.5 Å². The van der Waals surface area contributed by atoms with Crippen molar-refractivity contribution in [2.45, 2.75) is 58.5 Å². The monoisotopic (exact) mass is 271 g/mol. The van der Waals surface area contributed by atoms with Gasteiger partial charge in [-0.15, -0.1) is 0 Å². The average Bonchev–Trinajstić information content (AvgIpc) is 2.84. The fourth-order valence-electron chi connectivity index (χ4n) is 2.91. The molecule has 1 aliphatic rings.